The fourth-order valence-corrected chi connectivity index (χ4v) is 4.09. The number of hydrogen-bond donors (Lipinski definition) is 1. The number of rotatable bonds is 5. The first-order chi connectivity index (χ1) is 15.8. The van der Waals surface area contributed by atoms with Crippen molar-refractivity contribution in [1.29, 1.82) is 0 Å². The van der Waals surface area contributed by atoms with Gasteiger partial charge in [-0.15, -0.1) is 0 Å². The molecule has 1 fully saturated rings. The minimum atomic E-state index is -0.869. The molecule has 33 heavy (non-hydrogen) atoms. The van der Waals surface area contributed by atoms with Crippen LogP contribution in [0.2, 0.25) is 15.1 Å². The largest absolute Gasteiger partial charge is 0.495 e. The Kier molecular flexibility index (Phi) is 6.47. The number of hydrogen-bond acceptors (Lipinski definition) is 4. The molecule has 4 rings (SSSR count). The number of urea groups is 1. The Bertz CT molecular complexity index is 1320. The maximum atomic E-state index is 13.2. The van der Waals surface area contributed by atoms with Gasteiger partial charge >= 0.3 is 6.03 Å². The number of halogens is 3. The lowest BCUT2D eigenvalue weighted by molar-refractivity contribution is -0.122. The highest BCUT2D eigenvalue weighted by atomic mass is 35.5. The summed E-state index contributed by atoms with van der Waals surface area (Å²) >= 11 is 18.4. The summed E-state index contributed by atoms with van der Waals surface area (Å²) in [6, 6.07) is 12.3. The van der Waals surface area contributed by atoms with E-state index in [0.717, 1.165) is 10.5 Å². The Labute approximate surface area is 204 Å². The number of barbiturate groups is 1. The van der Waals surface area contributed by atoms with Crippen molar-refractivity contribution in [1.82, 2.24) is 9.88 Å². The lowest BCUT2D eigenvalue weighted by Gasteiger charge is -2.26. The van der Waals surface area contributed by atoms with E-state index >= 15 is 0 Å². The number of benzene rings is 2. The molecule has 0 aliphatic carbocycles. The fraction of sp³-hybridized carbons (Fsp3) is 0.0870. The van der Waals surface area contributed by atoms with Crippen LogP contribution < -0.4 is 15.0 Å². The minimum Gasteiger partial charge on any atom is -0.495 e. The van der Waals surface area contributed by atoms with E-state index < -0.39 is 17.8 Å². The second-order valence-electron chi connectivity index (χ2n) is 7.07. The maximum absolute atomic E-state index is 13.2. The summed E-state index contributed by atoms with van der Waals surface area (Å²) in [6.07, 6.45) is 3.21. The molecule has 1 aromatic heterocycles. The quantitative estimate of drug-likeness (QED) is 0.384. The molecule has 168 valence electrons. The molecule has 1 aliphatic rings. The van der Waals surface area contributed by atoms with Crippen LogP contribution in [0, 0.1) is 0 Å². The first-order valence-corrected chi connectivity index (χ1v) is 10.8. The van der Waals surface area contributed by atoms with Gasteiger partial charge in [-0.2, -0.15) is 0 Å². The van der Waals surface area contributed by atoms with E-state index in [1.54, 1.807) is 36.5 Å². The Morgan fingerprint density at radius 2 is 1.79 bits per heavy atom. The van der Waals surface area contributed by atoms with E-state index in [1.165, 1.54) is 31.4 Å². The van der Waals surface area contributed by atoms with Gasteiger partial charge in [0, 0.05) is 28.5 Å². The van der Waals surface area contributed by atoms with Crippen LogP contribution in [0.25, 0.3) is 6.08 Å². The number of nitrogens with zero attached hydrogens (tertiary/aromatic N) is 2. The molecule has 0 saturated carbocycles. The molecule has 0 unspecified atom stereocenters. The van der Waals surface area contributed by atoms with Crippen LogP contribution in [0.5, 0.6) is 5.75 Å². The molecule has 1 saturated heterocycles. The van der Waals surface area contributed by atoms with Crippen molar-refractivity contribution in [2.45, 2.75) is 6.54 Å². The van der Waals surface area contributed by atoms with Gasteiger partial charge in [0.15, 0.2) is 0 Å². The predicted molar refractivity (Wildman–Crippen MR) is 127 cm³/mol. The van der Waals surface area contributed by atoms with Gasteiger partial charge in [0.2, 0.25) is 0 Å². The molecule has 7 nitrogen and oxygen atoms in total. The minimum absolute atomic E-state index is 0.199. The smallest absolute Gasteiger partial charge is 0.335 e. The third kappa shape index (κ3) is 4.61. The van der Waals surface area contributed by atoms with Crippen molar-refractivity contribution in [2.24, 2.45) is 0 Å². The second-order valence-corrected chi connectivity index (χ2v) is 8.32. The van der Waals surface area contributed by atoms with Crippen molar-refractivity contribution < 1.29 is 19.1 Å². The topological polar surface area (TPSA) is 80.6 Å². The van der Waals surface area contributed by atoms with Gasteiger partial charge in [0.1, 0.15) is 11.3 Å². The average molecular weight is 505 g/mol. The molecular weight excluding hydrogens is 489 g/mol. The van der Waals surface area contributed by atoms with Crippen molar-refractivity contribution in [3.05, 3.63) is 86.6 Å². The Hall–Kier alpha value is -3.26. The number of ether oxygens (including phenoxy) is 1. The molecular formula is C23H16Cl3N3O4. The number of carbonyl (C=O) groups is 3. The van der Waals surface area contributed by atoms with E-state index in [0.29, 0.717) is 28.0 Å². The molecule has 2 heterocycles. The third-order valence-corrected chi connectivity index (χ3v) is 5.89. The van der Waals surface area contributed by atoms with E-state index in [2.05, 4.69) is 5.32 Å². The van der Waals surface area contributed by atoms with Crippen molar-refractivity contribution >= 4 is 64.4 Å². The highest BCUT2D eigenvalue weighted by Gasteiger charge is 2.37. The van der Waals surface area contributed by atoms with Gasteiger partial charge in [-0.05, 0) is 54.1 Å². The van der Waals surface area contributed by atoms with E-state index in [1.807, 2.05) is 4.57 Å². The SMILES string of the molecule is COc1ccc(N2C(=O)NC(=O)/C(=C/c3cccn3Cc3ccc(Cl)cc3Cl)C2=O)cc1Cl. The normalized spacial score (nSPS) is 15.2. The molecule has 2 aromatic carbocycles. The second kappa shape index (κ2) is 9.31. The van der Waals surface area contributed by atoms with Gasteiger partial charge < -0.3 is 9.30 Å². The van der Waals surface area contributed by atoms with Crippen molar-refractivity contribution in [3.63, 3.8) is 0 Å². The molecule has 0 atom stereocenters. The van der Waals surface area contributed by atoms with Crippen LogP contribution in [-0.4, -0.2) is 29.5 Å². The van der Waals surface area contributed by atoms with Gasteiger partial charge in [0.05, 0.1) is 17.8 Å². The summed E-state index contributed by atoms with van der Waals surface area (Å²) in [5, 5.41) is 3.42. The zero-order chi connectivity index (χ0) is 23.7. The Balaban J connectivity index is 1.67. The molecule has 10 heteroatoms. The number of amides is 4. The molecule has 3 aromatic rings. The van der Waals surface area contributed by atoms with Gasteiger partial charge in [-0.25, -0.2) is 9.69 Å². The average Bonchev–Trinajstić information content (AvgIpc) is 3.20. The molecule has 4 amide bonds. The third-order valence-electron chi connectivity index (χ3n) is 5.01. The first-order valence-electron chi connectivity index (χ1n) is 9.62. The zero-order valence-corrected chi connectivity index (χ0v) is 19.4. The van der Waals surface area contributed by atoms with Crippen LogP contribution in [-0.2, 0) is 16.1 Å². The van der Waals surface area contributed by atoms with E-state index in [-0.39, 0.29) is 16.3 Å². The highest BCUT2D eigenvalue weighted by molar-refractivity contribution is 6.39. The summed E-state index contributed by atoms with van der Waals surface area (Å²) in [7, 11) is 1.45. The van der Waals surface area contributed by atoms with E-state index in [9.17, 15) is 14.4 Å². The predicted octanol–water partition coefficient (Wildman–Crippen LogP) is 5.17. The molecule has 1 N–H and O–H groups in total. The van der Waals surface area contributed by atoms with Crippen molar-refractivity contribution in [2.75, 3.05) is 12.0 Å². The van der Waals surface area contributed by atoms with Crippen LogP contribution >= 0.6 is 34.8 Å². The summed E-state index contributed by atoms with van der Waals surface area (Å²) in [4.78, 5) is 39.0. The Morgan fingerprint density at radius 3 is 2.48 bits per heavy atom. The summed E-state index contributed by atoms with van der Waals surface area (Å²) in [5.41, 5.74) is 1.37. The number of methoxy groups -OCH3 is 1. The van der Waals surface area contributed by atoms with Crippen LogP contribution in [0.1, 0.15) is 11.3 Å². The number of imide groups is 2. The van der Waals surface area contributed by atoms with E-state index in [4.69, 9.17) is 39.5 Å². The van der Waals surface area contributed by atoms with Gasteiger partial charge in [0.25, 0.3) is 11.8 Å². The lowest BCUT2D eigenvalue weighted by atomic mass is 10.1. The first kappa shape index (κ1) is 22.9. The van der Waals surface area contributed by atoms with Crippen molar-refractivity contribution in [3.8, 4) is 5.75 Å². The summed E-state index contributed by atoms with van der Waals surface area (Å²) in [5.74, 6) is -1.18. The van der Waals surface area contributed by atoms with Crippen LogP contribution in [0.15, 0.2) is 60.3 Å². The summed E-state index contributed by atoms with van der Waals surface area (Å²) < 4.78 is 6.92. The van der Waals surface area contributed by atoms with Gasteiger partial charge in [-0.1, -0.05) is 40.9 Å². The van der Waals surface area contributed by atoms with Crippen LogP contribution in [0.4, 0.5) is 10.5 Å². The molecule has 0 bridgehead atoms. The standard InChI is InChI=1S/C23H16Cl3N3O4/c1-33-20-7-6-16(11-19(20)26)29-22(31)17(21(30)27-23(29)32)10-15-3-2-8-28(15)12-13-4-5-14(24)9-18(13)25/h2-11H,12H2,1H3,(H,27,30,32)/b17-10-. The summed E-state index contributed by atoms with van der Waals surface area (Å²) in [6.45, 7) is 0.384. The lowest BCUT2D eigenvalue weighted by Crippen LogP contribution is -2.54. The zero-order valence-electron chi connectivity index (χ0n) is 17.1. The highest BCUT2D eigenvalue weighted by Crippen LogP contribution is 2.31. The van der Waals surface area contributed by atoms with Crippen LogP contribution in [0.3, 0.4) is 0 Å². The fourth-order valence-electron chi connectivity index (χ4n) is 3.37. The molecule has 0 spiro atoms. The number of aromatic nitrogens is 1. The molecule has 0 radical (unpaired) electrons. The maximum Gasteiger partial charge on any atom is 0.335 e. The Morgan fingerprint density at radius 1 is 1.00 bits per heavy atom. The molecule has 1 aliphatic heterocycles. The van der Waals surface area contributed by atoms with Gasteiger partial charge in [-0.3, -0.25) is 14.9 Å². The number of nitrogens with one attached hydrogen (secondary N) is 1. The monoisotopic (exact) mass is 503 g/mol. The number of anilines is 1. The number of carbonyl (C=O) groups excluding carboxylic acids is 3.